The normalized spacial score (nSPS) is 11.1. The highest BCUT2D eigenvalue weighted by molar-refractivity contribution is 7.98. The lowest BCUT2D eigenvalue weighted by molar-refractivity contribution is 0.0562. The minimum absolute atomic E-state index is 0.173. The summed E-state index contributed by atoms with van der Waals surface area (Å²) in [6, 6.07) is 1.99. The number of furan rings is 1. The molecule has 0 spiro atoms. The van der Waals surface area contributed by atoms with Gasteiger partial charge < -0.3 is 14.9 Å². The van der Waals surface area contributed by atoms with Crippen LogP contribution in [-0.4, -0.2) is 27.8 Å². The number of nitrogens with two attached hydrogens (primary N) is 1. The van der Waals surface area contributed by atoms with Crippen LogP contribution in [0.2, 0.25) is 0 Å². The van der Waals surface area contributed by atoms with Crippen molar-refractivity contribution in [3.05, 3.63) is 23.2 Å². The van der Waals surface area contributed by atoms with Gasteiger partial charge >= 0.3 is 5.97 Å². The summed E-state index contributed by atoms with van der Waals surface area (Å²) in [5, 5.41) is 8.65. The molecule has 0 aliphatic heterocycles. The molecule has 2 aromatic rings. The molecule has 2 aromatic heterocycles. The number of nitrogens with zero attached hydrogens (tertiary/aromatic N) is 3. The first kappa shape index (κ1) is 15.4. The first-order valence-corrected chi connectivity index (χ1v) is 7.43. The lowest BCUT2D eigenvalue weighted by Gasteiger charge is -2.10. The molecule has 2 N–H and O–H groups in total. The predicted octanol–water partition coefficient (Wildman–Crippen LogP) is 2.42. The van der Waals surface area contributed by atoms with E-state index in [0.29, 0.717) is 17.5 Å². The minimum Gasteiger partial charge on any atom is -0.463 e. The fourth-order valence-corrected chi connectivity index (χ4v) is 2.88. The van der Waals surface area contributed by atoms with E-state index in [-0.39, 0.29) is 11.8 Å². The zero-order valence-corrected chi connectivity index (χ0v) is 13.2. The molecular formula is C13H18N4O3S. The van der Waals surface area contributed by atoms with E-state index in [2.05, 4.69) is 14.9 Å². The number of esters is 1. The second kappa shape index (κ2) is 6.21. The molecule has 0 saturated carbocycles. The van der Waals surface area contributed by atoms with Gasteiger partial charge in [-0.2, -0.15) is 0 Å². The second-order valence-corrected chi connectivity index (χ2v) is 5.75. The predicted molar refractivity (Wildman–Crippen MR) is 79.2 cm³/mol. The maximum atomic E-state index is 11.5. The van der Waals surface area contributed by atoms with Gasteiger partial charge in [-0.3, -0.25) is 4.57 Å². The summed E-state index contributed by atoms with van der Waals surface area (Å²) >= 11 is 1.45. The minimum atomic E-state index is -0.474. The number of aromatic nitrogens is 3. The number of methoxy groups -OCH3 is 1. The van der Waals surface area contributed by atoms with E-state index in [1.54, 1.807) is 6.92 Å². The molecule has 0 aromatic carbocycles. The zero-order chi connectivity index (χ0) is 15.6. The van der Waals surface area contributed by atoms with E-state index < -0.39 is 5.97 Å². The van der Waals surface area contributed by atoms with Crippen LogP contribution in [0.4, 0.5) is 5.95 Å². The number of aryl methyl sites for hydroxylation is 1. The van der Waals surface area contributed by atoms with Crippen molar-refractivity contribution >= 4 is 23.7 Å². The van der Waals surface area contributed by atoms with Gasteiger partial charge in [0, 0.05) is 11.6 Å². The summed E-state index contributed by atoms with van der Waals surface area (Å²) in [4.78, 5) is 11.5. The lowest BCUT2D eigenvalue weighted by Crippen LogP contribution is -2.06. The van der Waals surface area contributed by atoms with Gasteiger partial charge in [0.15, 0.2) is 5.16 Å². The summed E-state index contributed by atoms with van der Waals surface area (Å²) in [7, 11) is 1.33. The molecule has 2 rings (SSSR count). The quantitative estimate of drug-likeness (QED) is 0.669. The van der Waals surface area contributed by atoms with Crippen molar-refractivity contribution < 1.29 is 13.9 Å². The Morgan fingerprint density at radius 1 is 1.52 bits per heavy atom. The summed E-state index contributed by atoms with van der Waals surface area (Å²) in [6.45, 7) is 5.82. The third-order valence-electron chi connectivity index (χ3n) is 2.89. The van der Waals surface area contributed by atoms with E-state index in [4.69, 9.17) is 10.2 Å². The van der Waals surface area contributed by atoms with Gasteiger partial charge in [0.25, 0.3) is 0 Å². The number of hydrogen-bond acceptors (Lipinski definition) is 7. The van der Waals surface area contributed by atoms with Crippen LogP contribution in [0.25, 0.3) is 0 Å². The van der Waals surface area contributed by atoms with E-state index >= 15 is 0 Å². The molecule has 0 bridgehead atoms. The maximum Gasteiger partial charge on any atom is 0.374 e. The van der Waals surface area contributed by atoms with Gasteiger partial charge in [-0.15, -0.1) is 10.2 Å². The van der Waals surface area contributed by atoms with Crippen LogP contribution < -0.4 is 5.73 Å². The lowest BCUT2D eigenvalue weighted by atomic mass is 10.3. The van der Waals surface area contributed by atoms with Crippen molar-refractivity contribution in [1.29, 1.82) is 0 Å². The Labute approximate surface area is 126 Å². The second-order valence-electron chi connectivity index (χ2n) is 4.81. The topological polar surface area (TPSA) is 96.2 Å². The number of carbonyl (C=O) groups is 1. The number of anilines is 1. The Morgan fingerprint density at radius 3 is 2.86 bits per heavy atom. The Balaban J connectivity index is 2.12. The van der Waals surface area contributed by atoms with E-state index in [9.17, 15) is 4.79 Å². The Morgan fingerprint density at radius 2 is 2.24 bits per heavy atom. The average Bonchev–Trinajstić information content (AvgIpc) is 2.98. The number of thioether (sulfide) groups is 1. The molecule has 8 heteroatoms. The van der Waals surface area contributed by atoms with E-state index in [0.717, 1.165) is 10.7 Å². The molecular weight excluding hydrogens is 292 g/mol. The fourth-order valence-electron chi connectivity index (χ4n) is 1.92. The van der Waals surface area contributed by atoms with Crippen LogP contribution >= 0.6 is 11.8 Å². The highest BCUT2D eigenvalue weighted by Crippen LogP contribution is 2.27. The van der Waals surface area contributed by atoms with Gasteiger partial charge in [0.1, 0.15) is 5.76 Å². The highest BCUT2D eigenvalue weighted by atomic mass is 32.2. The third kappa shape index (κ3) is 3.21. The number of nitrogen functional groups attached to an aromatic ring is 1. The maximum absolute atomic E-state index is 11.5. The largest absolute Gasteiger partial charge is 0.463 e. The Hall–Kier alpha value is -1.96. The van der Waals surface area contributed by atoms with Crippen molar-refractivity contribution in [2.75, 3.05) is 12.8 Å². The molecule has 2 heterocycles. The van der Waals surface area contributed by atoms with Gasteiger partial charge in [0.2, 0.25) is 11.7 Å². The number of ether oxygens (including phenoxy) is 1. The van der Waals surface area contributed by atoms with Crippen molar-refractivity contribution in [1.82, 2.24) is 14.8 Å². The third-order valence-corrected chi connectivity index (χ3v) is 3.86. The Kier molecular flexibility index (Phi) is 4.56. The summed E-state index contributed by atoms with van der Waals surface area (Å²) in [5.74, 6) is 1.35. The monoisotopic (exact) mass is 310 g/mol. The van der Waals surface area contributed by atoms with Crippen LogP contribution in [0.15, 0.2) is 15.6 Å². The molecule has 0 radical (unpaired) electrons. The highest BCUT2D eigenvalue weighted by Gasteiger charge is 2.18. The van der Waals surface area contributed by atoms with Gasteiger partial charge in [-0.05, 0) is 26.8 Å². The van der Waals surface area contributed by atoms with Crippen LogP contribution in [-0.2, 0) is 10.5 Å². The van der Waals surface area contributed by atoms with E-state index in [1.165, 1.54) is 18.9 Å². The van der Waals surface area contributed by atoms with Crippen LogP contribution in [0.1, 0.15) is 41.8 Å². The molecule has 21 heavy (non-hydrogen) atoms. The first-order chi connectivity index (χ1) is 9.93. The molecule has 0 atom stereocenters. The molecule has 0 aliphatic carbocycles. The summed E-state index contributed by atoms with van der Waals surface area (Å²) < 4.78 is 12.0. The van der Waals surface area contributed by atoms with Gasteiger partial charge in [0.05, 0.1) is 12.9 Å². The smallest absolute Gasteiger partial charge is 0.374 e. The van der Waals surface area contributed by atoms with Crippen molar-refractivity contribution in [3.8, 4) is 0 Å². The van der Waals surface area contributed by atoms with Crippen LogP contribution in [0.3, 0.4) is 0 Å². The summed E-state index contributed by atoms with van der Waals surface area (Å²) in [5.41, 5.74) is 6.54. The Bertz CT molecular complexity index is 648. The fraction of sp³-hybridized carbons (Fsp3) is 0.462. The average molecular weight is 310 g/mol. The van der Waals surface area contributed by atoms with E-state index in [1.807, 2.05) is 24.5 Å². The van der Waals surface area contributed by atoms with Gasteiger partial charge in [-0.25, -0.2) is 4.79 Å². The molecule has 7 nitrogen and oxygen atoms in total. The van der Waals surface area contributed by atoms with Crippen molar-refractivity contribution in [3.63, 3.8) is 0 Å². The van der Waals surface area contributed by atoms with Gasteiger partial charge in [-0.1, -0.05) is 11.8 Å². The van der Waals surface area contributed by atoms with Crippen molar-refractivity contribution in [2.24, 2.45) is 0 Å². The zero-order valence-electron chi connectivity index (χ0n) is 12.4. The molecule has 0 fully saturated rings. The molecule has 0 aliphatic rings. The molecule has 0 unspecified atom stereocenters. The molecule has 114 valence electrons. The first-order valence-electron chi connectivity index (χ1n) is 6.44. The molecule has 0 saturated heterocycles. The molecule has 0 amide bonds. The SMILES string of the molecule is COC(=O)c1oc(CSc2nnc(N)n2C(C)C)cc1C. The standard InChI is InChI=1S/C13H18N4O3S/c1-7(2)17-12(14)15-16-13(17)21-6-9-5-8(3)10(20-9)11(18)19-4/h5,7H,6H2,1-4H3,(H2,14,15). The number of carbonyl (C=O) groups excluding carboxylic acids is 1. The number of rotatable bonds is 5. The van der Waals surface area contributed by atoms with Crippen LogP contribution in [0.5, 0.6) is 0 Å². The number of hydrogen-bond donors (Lipinski definition) is 1. The summed E-state index contributed by atoms with van der Waals surface area (Å²) in [6.07, 6.45) is 0. The van der Waals surface area contributed by atoms with Crippen molar-refractivity contribution in [2.45, 2.75) is 37.7 Å². The van der Waals surface area contributed by atoms with Crippen LogP contribution in [0, 0.1) is 6.92 Å².